The third-order valence-electron chi connectivity index (χ3n) is 6.22. The summed E-state index contributed by atoms with van der Waals surface area (Å²) in [5, 5.41) is 3.15. The maximum atomic E-state index is 13.9. The fourth-order valence-corrected chi connectivity index (χ4v) is 4.54. The molecule has 0 aliphatic heterocycles. The lowest BCUT2D eigenvalue weighted by atomic mass is 10.00. The first-order valence-electron chi connectivity index (χ1n) is 11.6. The van der Waals surface area contributed by atoms with Gasteiger partial charge in [-0.2, -0.15) is 0 Å². The lowest BCUT2D eigenvalue weighted by Gasteiger charge is -2.32. The van der Waals surface area contributed by atoms with Crippen LogP contribution in [-0.2, 0) is 4.79 Å². The number of benzene rings is 2. The molecule has 0 spiro atoms. The van der Waals surface area contributed by atoms with Crippen molar-refractivity contribution in [1.29, 1.82) is 0 Å². The molecule has 0 radical (unpaired) electrons. The van der Waals surface area contributed by atoms with Crippen LogP contribution in [-0.4, -0.2) is 39.2 Å². The molecular weight excluding hydrogens is 448 g/mol. The molecule has 35 heavy (non-hydrogen) atoms. The molecule has 1 aliphatic rings. The molecule has 1 saturated carbocycles. The molecule has 0 bridgehead atoms. The van der Waals surface area contributed by atoms with E-state index in [1.165, 1.54) is 25.4 Å². The third kappa shape index (κ3) is 5.11. The zero-order valence-corrected chi connectivity index (χ0v) is 20.2. The molecule has 8 heteroatoms. The van der Waals surface area contributed by atoms with E-state index in [-0.39, 0.29) is 17.7 Å². The van der Waals surface area contributed by atoms with Gasteiger partial charge in [-0.3, -0.25) is 14.5 Å². The van der Waals surface area contributed by atoms with Crippen molar-refractivity contribution < 1.29 is 28.2 Å². The second-order valence-electron chi connectivity index (χ2n) is 8.33. The van der Waals surface area contributed by atoms with E-state index in [1.807, 2.05) is 0 Å². The second kappa shape index (κ2) is 11.0. The topological polar surface area (TPSA) is 90.2 Å². The Morgan fingerprint density at radius 1 is 0.971 bits per heavy atom. The third-order valence-corrected chi connectivity index (χ3v) is 6.22. The lowest BCUT2D eigenvalue weighted by Crippen LogP contribution is -2.46. The molecule has 3 aromatic rings. The Kier molecular flexibility index (Phi) is 7.60. The van der Waals surface area contributed by atoms with Crippen LogP contribution in [0.4, 0.5) is 5.69 Å². The number of carbonyl (C=O) groups is 2. The van der Waals surface area contributed by atoms with Crippen LogP contribution in [0.3, 0.4) is 0 Å². The number of hydrogen-bond acceptors (Lipinski definition) is 6. The Morgan fingerprint density at radius 2 is 1.74 bits per heavy atom. The minimum atomic E-state index is -1.06. The number of ether oxygens (including phenoxy) is 3. The Balaban J connectivity index is 1.90. The summed E-state index contributed by atoms with van der Waals surface area (Å²) >= 11 is 0. The number of nitrogens with zero attached hydrogens (tertiary/aromatic N) is 1. The largest absolute Gasteiger partial charge is 0.497 e. The molecule has 0 saturated heterocycles. The summed E-state index contributed by atoms with van der Waals surface area (Å²) in [6.07, 6.45) is 5.35. The van der Waals surface area contributed by atoms with Gasteiger partial charge in [-0.05, 0) is 43.2 Å². The number of carbonyl (C=O) groups excluding carboxylic acids is 2. The van der Waals surface area contributed by atoms with Gasteiger partial charge in [0.05, 0.1) is 27.6 Å². The highest BCUT2D eigenvalue weighted by atomic mass is 16.5. The van der Waals surface area contributed by atoms with Crippen molar-refractivity contribution in [2.75, 3.05) is 26.2 Å². The van der Waals surface area contributed by atoms with E-state index >= 15 is 0 Å². The minimum Gasteiger partial charge on any atom is -0.497 e. The highest BCUT2D eigenvalue weighted by molar-refractivity contribution is 6.09. The first kappa shape index (κ1) is 24.2. The van der Waals surface area contributed by atoms with Crippen molar-refractivity contribution in [3.8, 4) is 17.2 Å². The predicted molar refractivity (Wildman–Crippen MR) is 131 cm³/mol. The van der Waals surface area contributed by atoms with E-state index in [9.17, 15) is 9.59 Å². The van der Waals surface area contributed by atoms with Gasteiger partial charge >= 0.3 is 0 Å². The first-order valence-corrected chi connectivity index (χ1v) is 11.6. The highest BCUT2D eigenvalue weighted by Gasteiger charge is 2.38. The number of furan rings is 1. The zero-order valence-electron chi connectivity index (χ0n) is 20.2. The molecule has 4 rings (SSSR count). The van der Waals surface area contributed by atoms with Gasteiger partial charge in [0.25, 0.3) is 5.91 Å². The van der Waals surface area contributed by atoms with E-state index in [0.29, 0.717) is 28.5 Å². The van der Waals surface area contributed by atoms with Gasteiger partial charge in [0.2, 0.25) is 5.91 Å². The van der Waals surface area contributed by atoms with Crippen molar-refractivity contribution >= 4 is 17.5 Å². The average Bonchev–Trinajstić information content (AvgIpc) is 3.61. The van der Waals surface area contributed by atoms with Crippen LogP contribution in [0.2, 0.25) is 0 Å². The smallest absolute Gasteiger partial charge is 0.294 e. The monoisotopic (exact) mass is 478 g/mol. The summed E-state index contributed by atoms with van der Waals surface area (Å²) in [5.41, 5.74) is 0.965. The van der Waals surface area contributed by atoms with Gasteiger partial charge in [-0.25, -0.2) is 0 Å². The van der Waals surface area contributed by atoms with Crippen LogP contribution < -0.4 is 24.4 Å². The van der Waals surface area contributed by atoms with Gasteiger partial charge in [-0.15, -0.1) is 0 Å². The van der Waals surface area contributed by atoms with E-state index < -0.39 is 11.9 Å². The number of hydrogen-bond donors (Lipinski definition) is 1. The van der Waals surface area contributed by atoms with Crippen LogP contribution in [0.1, 0.15) is 47.8 Å². The SMILES string of the molecule is COc1cccc(N(C(=O)c2ccco2)[C@H](C(=O)NC2CCCC2)c2cccc(OC)c2OC)c1. The van der Waals surface area contributed by atoms with Crippen LogP contribution >= 0.6 is 0 Å². The van der Waals surface area contributed by atoms with Crippen molar-refractivity contribution in [2.45, 2.75) is 37.8 Å². The average molecular weight is 479 g/mol. The van der Waals surface area contributed by atoms with Gasteiger partial charge in [-0.1, -0.05) is 31.0 Å². The van der Waals surface area contributed by atoms with Crippen molar-refractivity contribution in [3.05, 3.63) is 72.2 Å². The highest BCUT2D eigenvalue weighted by Crippen LogP contribution is 2.40. The summed E-state index contributed by atoms with van der Waals surface area (Å²) < 4.78 is 22.0. The quantitative estimate of drug-likeness (QED) is 0.477. The van der Waals surface area contributed by atoms with Gasteiger partial charge < -0.3 is 23.9 Å². The van der Waals surface area contributed by atoms with E-state index in [1.54, 1.807) is 61.7 Å². The van der Waals surface area contributed by atoms with Crippen LogP contribution in [0.5, 0.6) is 17.2 Å². The zero-order chi connectivity index (χ0) is 24.8. The van der Waals surface area contributed by atoms with Gasteiger partial charge in [0.1, 0.15) is 11.8 Å². The molecule has 1 fully saturated rings. The second-order valence-corrected chi connectivity index (χ2v) is 8.33. The Bertz CT molecular complexity index is 1150. The Hall–Kier alpha value is -3.94. The number of rotatable bonds is 9. The molecule has 1 atom stereocenters. The van der Waals surface area contributed by atoms with Crippen LogP contribution in [0.25, 0.3) is 0 Å². The fraction of sp³-hybridized carbons (Fsp3) is 0.333. The van der Waals surface area contributed by atoms with E-state index in [4.69, 9.17) is 18.6 Å². The Morgan fingerprint density at radius 3 is 2.40 bits per heavy atom. The summed E-state index contributed by atoms with van der Waals surface area (Å²) in [6.45, 7) is 0. The number of anilines is 1. The summed E-state index contributed by atoms with van der Waals surface area (Å²) in [6, 6.07) is 14.5. The summed E-state index contributed by atoms with van der Waals surface area (Å²) in [5.74, 6) is 0.702. The molecule has 2 amide bonds. The Labute approximate surface area is 204 Å². The summed E-state index contributed by atoms with van der Waals surface area (Å²) in [4.78, 5) is 29.2. The van der Waals surface area contributed by atoms with Crippen molar-refractivity contribution in [2.24, 2.45) is 0 Å². The molecular formula is C27H30N2O6. The van der Waals surface area contributed by atoms with Crippen molar-refractivity contribution in [3.63, 3.8) is 0 Å². The maximum absolute atomic E-state index is 13.9. The lowest BCUT2D eigenvalue weighted by molar-refractivity contribution is -0.123. The molecule has 1 aliphatic carbocycles. The number of amides is 2. The minimum absolute atomic E-state index is 0.0486. The molecule has 0 unspecified atom stereocenters. The summed E-state index contributed by atoms with van der Waals surface area (Å²) in [7, 11) is 4.59. The normalized spacial score (nSPS) is 14.3. The maximum Gasteiger partial charge on any atom is 0.294 e. The van der Waals surface area contributed by atoms with E-state index in [0.717, 1.165) is 25.7 Å². The predicted octanol–water partition coefficient (Wildman–Crippen LogP) is 4.75. The van der Waals surface area contributed by atoms with Gasteiger partial charge in [0, 0.05) is 23.4 Å². The fourth-order valence-electron chi connectivity index (χ4n) is 4.54. The molecule has 2 aromatic carbocycles. The van der Waals surface area contributed by atoms with Gasteiger partial charge in [0.15, 0.2) is 17.3 Å². The molecule has 8 nitrogen and oxygen atoms in total. The number of nitrogens with one attached hydrogen (secondary N) is 1. The standard InChI is InChI=1S/C27H30N2O6/c1-32-20-12-6-11-19(17-20)29(27(31)23-15-8-16-35-23)24(26(30)28-18-9-4-5-10-18)21-13-7-14-22(33-2)25(21)34-3/h6-8,11-18,24H,4-5,9-10H2,1-3H3,(H,28,30)/t24-/m0/s1. The molecule has 1 aromatic heterocycles. The molecule has 184 valence electrons. The number of para-hydroxylation sites is 1. The molecule has 1 heterocycles. The van der Waals surface area contributed by atoms with Crippen LogP contribution in [0.15, 0.2) is 65.3 Å². The molecule has 1 N–H and O–H groups in total. The number of methoxy groups -OCH3 is 3. The van der Waals surface area contributed by atoms with Crippen molar-refractivity contribution in [1.82, 2.24) is 5.32 Å². The first-order chi connectivity index (χ1) is 17.1. The van der Waals surface area contributed by atoms with E-state index in [2.05, 4.69) is 5.32 Å². The van der Waals surface area contributed by atoms with Crippen LogP contribution in [0, 0.1) is 0 Å².